The smallest absolute Gasteiger partial charge is 0.254 e. The summed E-state index contributed by atoms with van der Waals surface area (Å²) in [5.41, 5.74) is 1.60. The highest BCUT2D eigenvalue weighted by atomic mass is 32.1. The van der Waals surface area contributed by atoms with Gasteiger partial charge in [-0.25, -0.2) is 4.39 Å². The predicted octanol–water partition coefficient (Wildman–Crippen LogP) is 4.94. The molecule has 0 N–H and O–H groups in total. The van der Waals surface area contributed by atoms with Crippen LogP contribution < -0.4 is 4.74 Å². The maximum Gasteiger partial charge on any atom is 0.254 e. The molecule has 5 nitrogen and oxygen atoms in total. The molecule has 1 atom stereocenters. The van der Waals surface area contributed by atoms with E-state index in [4.69, 9.17) is 4.74 Å². The van der Waals surface area contributed by atoms with Crippen LogP contribution in [0.25, 0.3) is 0 Å². The second-order valence-electron chi connectivity index (χ2n) is 7.99. The number of benzene rings is 2. The van der Waals surface area contributed by atoms with Gasteiger partial charge in [0.2, 0.25) is 5.91 Å². The number of carbonyl (C=O) groups is 2. The SMILES string of the molecule is CCCN(CC(=O)N1CCc2sccc2C1COc1ccccc1F)C(=O)c1ccccc1. The van der Waals surface area contributed by atoms with E-state index in [9.17, 15) is 14.0 Å². The molecule has 0 saturated carbocycles. The molecule has 172 valence electrons. The zero-order valence-electron chi connectivity index (χ0n) is 18.6. The molecule has 7 heteroatoms. The Morgan fingerprint density at radius 1 is 1.12 bits per heavy atom. The summed E-state index contributed by atoms with van der Waals surface area (Å²) in [7, 11) is 0. The second kappa shape index (κ2) is 10.6. The van der Waals surface area contributed by atoms with Crippen LogP contribution in [0.1, 0.15) is 40.2 Å². The highest BCUT2D eigenvalue weighted by Gasteiger charge is 2.33. The zero-order valence-corrected chi connectivity index (χ0v) is 19.4. The van der Waals surface area contributed by atoms with Crippen molar-refractivity contribution >= 4 is 23.2 Å². The van der Waals surface area contributed by atoms with Crippen LogP contribution in [0.4, 0.5) is 4.39 Å². The van der Waals surface area contributed by atoms with Gasteiger partial charge in [0, 0.05) is 23.5 Å². The number of nitrogens with zero attached hydrogens (tertiary/aromatic N) is 2. The third-order valence-corrected chi connectivity index (χ3v) is 6.77. The normalized spacial score (nSPS) is 15.1. The Balaban J connectivity index is 1.52. The molecule has 0 aliphatic carbocycles. The number of para-hydroxylation sites is 1. The van der Waals surface area contributed by atoms with Gasteiger partial charge in [0.25, 0.3) is 5.91 Å². The molecule has 2 heterocycles. The lowest BCUT2D eigenvalue weighted by molar-refractivity contribution is -0.135. The molecular formula is C26H27FN2O3S. The van der Waals surface area contributed by atoms with Crippen LogP contribution >= 0.6 is 11.3 Å². The van der Waals surface area contributed by atoms with Gasteiger partial charge in [0.05, 0.1) is 6.04 Å². The molecule has 1 aliphatic heterocycles. The summed E-state index contributed by atoms with van der Waals surface area (Å²) >= 11 is 1.66. The van der Waals surface area contributed by atoms with Crippen molar-refractivity contribution in [1.29, 1.82) is 0 Å². The van der Waals surface area contributed by atoms with E-state index in [2.05, 4.69) is 0 Å². The van der Waals surface area contributed by atoms with Gasteiger partial charge in [-0.05, 0) is 54.1 Å². The predicted molar refractivity (Wildman–Crippen MR) is 127 cm³/mol. The molecular weight excluding hydrogens is 439 g/mol. The summed E-state index contributed by atoms with van der Waals surface area (Å²) in [6.45, 7) is 3.16. The first kappa shape index (κ1) is 23.0. The van der Waals surface area contributed by atoms with Crippen molar-refractivity contribution in [1.82, 2.24) is 9.80 Å². The minimum Gasteiger partial charge on any atom is -0.488 e. The van der Waals surface area contributed by atoms with Gasteiger partial charge in [0.15, 0.2) is 11.6 Å². The summed E-state index contributed by atoms with van der Waals surface area (Å²) in [5, 5.41) is 2.01. The van der Waals surface area contributed by atoms with Crippen LogP contribution in [-0.2, 0) is 11.2 Å². The maximum atomic E-state index is 14.1. The molecule has 0 radical (unpaired) electrons. The van der Waals surface area contributed by atoms with Crippen LogP contribution in [0.15, 0.2) is 66.0 Å². The highest BCUT2D eigenvalue weighted by Crippen LogP contribution is 2.34. The Morgan fingerprint density at radius 2 is 1.88 bits per heavy atom. The number of hydrogen-bond acceptors (Lipinski definition) is 4. The fourth-order valence-electron chi connectivity index (χ4n) is 4.14. The van der Waals surface area contributed by atoms with Crippen molar-refractivity contribution in [3.8, 4) is 5.75 Å². The minimum atomic E-state index is -0.431. The molecule has 1 aliphatic rings. The number of rotatable bonds is 8. The molecule has 2 amide bonds. The van der Waals surface area contributed by atoms with Gasteiger partial charge >= 0.3 is 0 Å². The van der Waals surface area contributed by atoms with E-state index in [1.165, 1.54) is 10.9 Å². The van der Waals surface area contributed by atoms with Crippen molar-refractivity contribution in [2.45, 2.75) is 25.8 Å². The number of halogens is 1. The molecule has 0 bridgehead atoms. The molecule has 0 fully saturated rings. The van der Waals surface area contributed by atoms with E-state index < -0.39 is 5.82 Å². The van der Waals surface area contributed by atoms with Crippen molar-refractivity contribution < 1.29 is 18.7 Å². The van der Waals surface area contributed by atoms with E-state index in [0.717, 1.165) is 18.4 Å². The molecule has 1 unspecified atom stereocenters. The summed E-state index contributed by atoms with van der Waals surface area (Å²) in [6, 6.07) is 17.0. The standard InChI is InChI=1S/C26H27FN2O3S/c1-2-14-28(26(31)19-8-4-3-5-9-19)17-25(30)29-15-12-24-20(13-16-33-24)22(29)18-32-23-11-7-6-10-21(23)27/h3-11,13,16,22H,2,12,14-15,17-18H2,1H3. The highest BCUT2D eigenvalue weighted by molar-refractivity contribution is 7.10. The largest absolute Gasteiger partial charge is 0.488 e. The minimum absolute atomic E-state index is 0.00274. The third-order valence-electron chi connectivity index (χ3n) is 5.78. The van der Waals surface area contributed by atoms with Crippen molar-refractivity contribution in [3.05, 3.63) is 87.9 Å². The first-order valence-corrected chi connectivity index (χ1v) is 12.0. The molecule has 2 aromatic carbocycles. The van der Waals surface area contributed by atoms with Gasteiger partial charge in [-0.3, -0.25) is 9.59 Å². The Hall–Kier alpha value is -3.19. The van der Waals surface area contributed by atoms with Crippen LogP contribution in [0.5, 0.6) is 5.75 Å². The average molecular weight is 467 g/mol. The summed E-state index contributed by atoms with van der Waals surface area (Å²) in [5.74, 6) is -0.552. The first-order valence-electron chi connectivity index (χ1n) is 11.2. The van der Waals surface area contributed by atoms with Crippen LogP contribution in [-0.4, -0.2) is 47.9 Å². The van der Waals surface area contributed by atoms with Crippen molar-refractivity contribution in [2.75, 3.05) is 26.2 Å². The summed E-state index contributed by atoms with van der Waals surface area (Å²) in [4.78, 5) is 31.1. The lowest BCUT2D eigenvalue weighted by atomic mass is 10.0. The number of ether oxygens (including phenoxy) is 1. The number of carbonyl (C=O) groups excluding carboxylic acids is 2. The van der Waals surface area contributed by atoms with E-state index in [0.29, 0.717) is 18.7 Å². The van der Waals surface area contributed by atoms with E-state index >= 15 is 0 Å². The topological polar surface area (TPSA) is 49.9 Å². The third kappa shape index (κ3) is 5.25. The van der Waals surface area contributed by atoms with Crippen molar-refractivity contribution in [3.63, 3.8) is 0 Å². The van der Waals surface area contributed by atoms with E-state index in [1.807, 2.05) is 36.6 Å². The Kier molecular flexibility index (Phi) is 7.40. The van der Waals surface area contributed by atoms with Crippen LogP contribution in [0.3, 0.4) is 0 Å². The van der Waals surface area contributed by atoms with E-state index in [-0.39, 0.29) is 36.8 Å². The Morgan fingerprint density at radius 3 is 2.64 bits per heavy atom. The fourth-order valence-corrected chi connectivity index (χ4v) is 5.07. The molecule has 0 saturated heterocycles. The maximum absolute atomic E-state index is 14.1. The number of thiophene rings is 1. The second-order valence-corrected chi connectivity index (χ2v) is 8.99. The number of amides is 2. The Labute approximate surface area is 197 Å². The zero-order chi connectivity index (χ0) is 23.2. The number of hydrogen-bond donors (Lipinski definition) is 0. The number of fused-ring (bicyclic) bond motifs is 1. The average Bonchev–Trinajstić information content (AvgIpc) is 3.32. The quantitative estimate of drug-likeness (QED) is 0.472. The summed E-state index contributed by atoms with van der Waals surface area (Å²) in [6.07, 6.45) is 1.51. The molecule has 4 rings (SSSR count). The molecule has 33 heavy (non-hydrogen) atoms. The van der Waals surface area contributed by atoms with E-state index in [1.54, 1.807) is 51.5 Å². The van der Waals surface area contributed by atoms with Gasteiger partial charge in [-0.2, -0.15) is 0 Å². The summed E-state index contributed by atoms with van der Waals surface area (Å²) < 4.78 is 19.9. The molecule has 3 aromatic rings. The fraction of sp³-hybridized carbons (Fsp3) is 0.308. The Bertz CT molecular complexity index is 1100. The lowest BCUT2D eigenvalue weighted by Crippen LogP contribution is -2.48. The monoisotopic (exact) mass is 466 g/mol. The van der Waals surface area contributed by atoms with Gasteiger partial charge in [-0.1, -0.05) is 37.3 Å². The van der Waals surface area contributed by atoms with Gasteiger partial charge < -0.3 is 14.5 Å². The van der Waals surface area contributed by atoms with Crippen LogP contribution in [0.2, 0.25) is 0 Å². The molecule has 1 aromatic heterocycles. The van der Waals surface area contributed by atoms with Gasteiger partial charge in [0.1, 0.15) is 13.2 Å². The van der Waals surface area contributed by atoms with Crippen molar-refractivity contribution in [2.24, 2.45) is 0 Å². The molecule has 0 spiro atoms. The van der Waals surface area contributed by atoms with Gasteiger partial charge in [-0.15, -0.1) is 11.3 Å². The van der Waals surface area contributed by atoms with Crippen LogP contribution in [0, 0.1) is 5.82 Å². The lowest BCUT2D eigenvalue weighted by Gasteiger charge is -2.37. The first-order chi connectivity index (χ1) is 16.1.